The Kier molecular flexibility index (Phi) is 6.44. The number of hydrogen-bond donors (Lipinski definition) is 1. The van der Waals surface area contributed by atoms with Gasteiger partial charge in [0.15, 0.2) is 0 Å². The minimum Gasteiger partial charge on any atom is -0.494 e. The van der Waals surface area contributed by atoms with Crippen molar-refractivity contribution in [2.75, 3.05) is 44.4 Å². The molecule has 0 aromatic heterocycles. The Balaban J connectivity index is 1.14. The predicted molar refractivity (Wildman–Crippen MR) is 125 cm³/mol. The van der Waals surface area contributed by atoms with Crippen LogP contribution in [-0.4, -0.2) is 62.5 Å². The van der Waals surface area contributed by atoms with Gasteiger partial charge in [0.05, 0.1) is 19.8 Å². The van der Waals surface area contributed by atoms with Crippen LogP contribution in [0.1, 0.15) is 37.2 Å². The van der Waals surface area contributed by atoms with Crippen LogP contribution >= 0.6 is 0 Å². The van der Waals surface area contributed by atoms with Gasteiger partial charge in [-0.15, -0.1) is 0 Å². The summed E-state index contributed by atoms with van der Waals surface area (Å²) in [5, 5.41) is 0. The molecule has 3 aliphatic rings. The molecule has 2 aromatic carbocycles. The van der Waals surface area contributed by atoms with E-state index >= 15 is 0 Å². The van der Waals surface area contributed by atoms with Crippen LogP contribution in [0.3, 0.4) is 0 Å². The van der Waals surface area contributed by atoms with Crippen LogP contribution in [0.5, 0.6) is 5.75 Å². The fourth-order valence-corrected chi connectivity index (χ4v) is 5.31. The standard InChI is InChI=1S/C26H35N3O2/c27-21-10-12-29(26-19-25(26)20-4-2-1-3-5-20)23(18-21)11-15-31-24-8-6-22(7-9-24)28-13-16-30-17-14-28/h1-9,21,23,25-26H,10-19,27H2/t21?,23?,25-,26+/m0/s1. The zero-order valence-corrected chi connectivity index (χ0v) is 18.4. The summed E-state index contributed by atoms with van der Waals surface area (Å²) < 4.78 is 11.6. The molecule has 31 heavy (non-hydrogen) atoms. The minimum atomic E-state index is 0.322. The lowest BCUT2D eigenvalue weighted by Crippen LogP contribution is -2.48. The van der Waals surface area contributed by atoms with Crippen LogP contribution in [0.25, 0.3) is 0 Å². The van der Waals surface area contributed by atoms with Crippen molar-refractivity contribution < 1.29 is 9.47 Å². The maximum Gasteiger partial charge on any atom is 0.119 e. The zero-order valence-electron chi connectivity index (χ0n) is 18.4. The van der Waals surface area contributed by atoms with Gasteiger partial charge in [0.1, 0.15) is 5.75 Å². The predicted octanol–water partition coefficient (Wildman–Crippen LogP) is 3.64. The molecule has 0 spiro atoms. The summed E-state index contributed by atoms with van der Waals surface area (Å²) >= 11 is 0. The van der Waals surface area contributed by atoms with Crippen LogP contribution in [-0.2, 0) is 4.74 Å². The van der Waals surface area contributed by atoms with Crippen molar-refractivity contribution in [3.05, 3.63) is 60.2 Å². The van der Waals surface area contributed by atoms with E-state index in [-0.39, 0.29) is 0 Å². The first-order valence-corrected chi connectivity index (χ1v) is 11.9. The maximum atomic E-state index is 6.34. The maximum absolute atomic E-state index is 6.34. The summed E-state index contributed by atoms with van der Waals surface area (Å²) in [7, 11) is 0. The second-order valence-corrected chi connectivity index (χ2v) is 9.23. The largest absolute Gasteiger partial charge is 0.494 e. The number of hydrogen-bond acceptors (Lipinski definition) is 5. The van der Waals surface area contributed by atoms with Crippen molar-refractivity contribution in [2.24, 2.45) is 5.73 Å². The third-order valence-corrected chi connectivity index (χ3v) is 7.15. The average Bonchev–Trinajstić information content (AvgIpc) is 3.62. The quantitative estimate of drug-likeness (QED) is 0.740. The lowest BCUT2D eigenvalue weighted by molar-refractivity contribution is 0.104. The highest BCUT2D eigenvalue weighted by atomic mass is 16.5. The first-order chi connectivity index (χ1) is 15.3. The Morgan fingerprint density at radius 1 is 0.935 bits per heavy atom. The third-order valence-electron chi connectivity index (χ3n) is 7.15. The van der Waals surface area contributed by atoms with E-state index in [1.54, 1.807) is 0 Å². The smallest absolute Gasteiger partial charge is 0.119 e. The third kappa shape index (κ3) is 5.05. The first kappa shape index (κ1) is 20.8. The summed E-state index contributed by atoms with van der Waals surface area (Å²) in [5.74, 6) is 1.64. The average molecular weight is 422 g/mol. The summed E-state index contributed by atoms with van der Waals surface area (Å²) in [5.41, 5.74) is 9.08. The van der Waals surface area contributed by atoms with Gasteiger partial charge in [-0.25, -0.2) is 0 Å². The lowest BCUT2D eigenvalue weighted by atomic mass is 9.95. The van der Waals surface area contributed by atoms with Crippen LogP contribution in [0.15, 0.2) is 54.6 Å². The van der Waals surface area contributed by atoms with Crippen molar-refractivity contribution >= 4 is 5.69 Å². The lowest BCUT2D eigenvalue weighted by Gasteiger charge is -2.39. The molecule has 2 aliphatic heterocycles. The van der Waals surface area contributed by atoms with Gasteiger partial charge >= 0.3 is 0 Å². The molecule has 2 unspecified atom stereocenters. The topological polar surface area (TPSA) is 51.0 Å². The number of nitrogens with two attached hydrogens (primary N) is 1. The number of piperidine rings is 1. The summed E-state index contributed by atoms with van der Waals surface area (Å²) in [6, 6.07) is 21.0. The molecule has 1 saturated carbocycles. The van der Waals surface area contributed by atoms with Gasteiger partial charge in [0, 0.05) is 49.4 Å². The Morgan fingerprint density at radius 2 is 1.71 bits per heavy atom. The van der Waals surface area contributed by atoms with E-state index < -0.39 is 0 Å². The van der Waals surface area contributed by atoms with E-state index in [1.165, 1.54) is 17.7 Å². The molecule has 2 saturated heterocycles. The van der Waals surface area contributed by atoms with Crippen LogP contribution < -0.4 is 15.4 Å². The Labute approximate surface area is 186 Å². The molecule has 5 nitrogen and oxygen atoms in total. The van der Waals surface area contributed by atoms with Crippen molar-refractivity contribution in [3.8, 4) is 5.75 Å². The van der Waals surface area contributed by atoms with Gasteiger partial charge in [0.25, 0.3) is 0 Å². The van der Waals surface area contributed by atoms with Crippen molar-refractivity contribution in [1.29, 1.82) is 0 Å². The molecule has 2 heterocycles. The van der Waals surface area contributed by atoms with E-state index in [0.717, 1.165) is 64.5 Å². The second-order valence-electron chi connectivity index (χ2n) is 9.23. The SMILES string of the molecule is NC1CCN([C@@H]2C[C@H]2c2ccccc2)C(CCOc2ccc(N3CCOCC3)cc2)C1. The number of benzene rings is 2. The molecule has 0 amide bonds. The van der Waals surface area contributed by atoms with Crippen molar-refractivity contribution in [3.63, 3.8) is 0 Å². The molecule has 0 bridgehead atoms. The first-order valence-electron chi connectivity index (χ1n) is 11.9. The van der Waals surface area contributed by atoms with Crippen LogP contribution in [0.2, 0.25) is 0 Å². The van der Waals surface area contributed by atoms with Gasteiger partial charge in [-0.05, 0) is 55.5 Å². The second kappa shape index (κ2) is 9.60. The fraction of sp³-hybridized carbons (Fsp3) is 0.538. The number of morpholine rings is 1. The summed E-state index contributed by atoms with van der Waals surface area (Å²) in [4.78, 5) is 5.10. The fourth-order valence-electron chi connectivity index (χ4n) is 5.31. The number of rotatable bonds is 7. The number of nitrogens with zero attached hydrogens (tertiary/aromatic N) is 2. The van der Waals surface area contributed by atoms with Gasteiger partial charge in [-0.3, -0.25) is 4.90 Å². The molecule has 4 atom stereocenters. The van der Waals surface area contributed by atoms with E-state index in [4.69, 9.17) is 15.2 Å². The molecule has 0 radical (unpaired) electrons. The number of anilines is 1. The molecule has 2 N–H and O–H groups in total. The monoisotopic (exact) mass is 421 g/mol. The van der Waals surface area contributed by atoms with E-state index in [2.05, 4.69) is 64.4 Å². The molecular formula is C26H35N3O2. The molecule has 2 aromatic rings. The van der Waals surface area contributed by atoms with E-state index in [0.29, 0.717) is 24.0 Å². The number of ether oxygens (including phenoxy) is 2. The van der Waals surface area contributed by atoms with Gasteiger partial charge < -0.3 is 20.1 Å². The Hall–Kier alpha value is -2.08. The van der Waals surface area contributed by atoms with Gasteiger partial charge in [-0.1, -0.05) is 30.3 Å². The van der Waals surface area contributed by atoms with E-state index in [9.17, 15) is 0 Å². The van der Waals surface area contributed by atoms with Crippen LogP contribution in [0.4, 0.5) is 5.69 Å². The van der Waals surface area contributed by atoms with Gasteiger partial charge in [0.2, 0.25) is 0 Å². The van der Waals surface area contributed by atoms with Crippen molar-refractivity contribution in [1.82, 2.24) is 4.90 Å². The highest BCUT2D eigenvalue weighted by Gasteiger charge is 2.46. The normalized spacial score (nSPS) is 29.0. The molecule has 1 aliphatic carbocycles. The Bertz CT molecular complexity index is 822. The molecule has 5 rings (SSSR count). The van der Waals surface area contributed by atoms with Crippen LogP contribution in [0, 0.1) is 0 Å². The van der Waals surface area contributed by atoms with Crippen molar-refractivity contribution in [2.45, 2.75) is 49.7 Å². The molecular weight excluding hydrogens is 386 g/mol. The van der Waals surface area contributed by atoms with Gasteiger partial charge in [-0.2, -0.15) is 0 Å². The Morgan fingerprint density at radius 3 is 2.48 bits per heavy atom. The summed E-state index contributed by atoms with van der Waals surface area (Å²) in [6.45, 7) is 5.41. The highest BCUT2D eigenvalue weighted by molar-refractivity contribution is 5.49. The zero-order chi connectivity index (χ0) is 21.0. The highest BCUT2D eigenvalue weighted by Crippen LogP contribution is 2.46. The summed E-state index contributed by atoms with van der Waals surface area (Å²) in [6.07, 6.45) is 4.51. The molecule has 166 valence electrons. The number of likely N-dealkylation sites (tertiary alicyclic amines) is 1. The molecule has 5 heteroatoms. The minimum absolute atomic E-state index is 0.322. The molecule has 3 fully saturated rings. The van der Waals surface area contributed by atoms with E-state index in [1.807, 2.05) is 0 Å².